The quantitative estimate of drug-likeness (QED) is 0.0986. The number of rotatable bonds is 13. The second-order valence-corrected chi connectivity index (χ2v) is 20.8. The Morgan fingerprint density at radius 2 is 0.683 bits per heavy atom. The van der Waals surface area contributed by atoms with Crippen LogP contribution < -0.4 is 44.9 Å². The Morgan fingerprint density at radius 1 is 0.417 bits per heavy atom. The van der Waals surface area contributed by atoms with Crippen molar-refractivity contribution < 1.29 is 40.8 Å². The molecule has 2 aliphatic carbocycles. The van der Waals surface area contributed by atoms with E-state index in [1.54, 1.807) is 35.5 Å². The molecule has 0 N–H and O–H groups in total. The Balaban J connectivity index is 0.000000260. The van der Waals surface area contributed by atoms with Gasteiger partial charge in [0, 0.05) is 16.9 Å². The molecule has 2 saturated carbocycles. The minimum Gasteiger partial charge on any atom is -0.496 e. The van der Waals surface area contributed by atoms with E-state index in [1.807, 2.05) is 6.92 Å². The Labute approximate surface area is 392 Å². The van der Waals surface area contributed by atoms with Gasteiger partial charge in [0.05, 0.1) is 45.2 Å². The standard InChI is InChI=1S/C25H29BrO3P.C25H29BrO2P.Fe/c1-8-18-9-10-23(24(18)26)30(19-11-15(2)25(29-7)16(3)12-19)20-13-21(27-5)17(4)22(14-20)28-6;1-8-19-9-10-22(23(19)26)29(20-11-15(2)24(27-6)16(3)12-20)21-13-17(4)25(28-7)18(5)14-21;/h9-14H,8H2,1-7H3;9-14H,8H2,1-7H3;/q;;+2. The number of hydrogen-bond acceptors (Lipinski definition) is 5. The number of ether oxygens (including phenoxy) is 5. The molecule has 4 aromatic rings. The Kier molecular flexibility index (Phi) is 19.3. The van der Waals surface area contributed by atoms with Gasteiger partial charge in [-0.25, -0.2) is 0 Å². The van der Waals surface area contributed by atoms with Gasteiger partial charge in [0.2, 0.25) is 0 Å². The summed E-state index contributed by atoms with van der Waals surface area (Å²) in [4.78, 5) is 2.43. The number of halogens is 2. The first-order valence-corrected chi connectivity index (χ1v) is 24.1. The van der Waals surface area contributed by atoms with E-state index in [1.165, 1.54) is 76.3 Å². The molecule has 10 heteroatoms. The minimum atomic E-state index is -0.820. The first kappa shape index (κ1) is 50.9. The average molecular weight is 1020 g/mol. The van der Waals surface area contributed by atoms with Crippen molar-refractivity contribution in [2.24, 2.45) is 0 Å². The molecular formula is C50H58Br2FeO5P2+2. The molecule has 60 heavy (non-hydrogen) atoms. The van der Waals surface area contributed by atoms with E-state index in [-0.39, 0.29) is 17.1 Å². The van der Waals surface area contributed by atoms with E-state index in [0.717, 1.165) is 58.3 Å². The zero-order chi connectivity index (χ0) is 43.3. The Morgan fingerprint density at radius 3 is 0.900 bits per heavy atom. The molecule has 0 saturated heterocycles. The molecule has 0 heterocycles. The summed E-state index contributed by atoms with van der Waals surface area (Å²) in [6.07, 6.45) is 11.0. The SMILES string of the molecule is CC[C]1[CH][CH][C](P(c2cc(C)c(OC)c(C)c2)c2cc(C)c(OC)c(C)c2)[C]1Br.CC[C]1[CH][CH][C](P(c2cc(C)c(OC)c(C)c2)c2cc(OC)c(C)c(OC)c2)[C]1Br.[Fe+2]. The molecule has 0 aromatic heterocycles. The molecule has 1 atom stereocenters. The summed E-state index contributed by atoms with van der Waals surface area (Å²) >= 11 is 7.79. The molecule has 0 amide bonds. The first-order chi connectivity index (χ1) is 28.2. The minimum absolute atomic E-state index is 0. The van der Waals surface area contributed by atoms with Gasteiger partial charge in [0.1, 0.15) is 28.7 Å². The van der Waals surface area contributed by atoms with Crippen LogP contribution in [0.5, 0.6) is 28.7 Å². The second kappa shape index (κ2) is 22.7. The largest absolute Gasteiger partial charge is 2.00 e. The fourth-order valence-corrected chi connectivity index (χ4v) is 15.5. The molecule has 2 aliphatic rings. The van der Waals surface area contributed by atoms with Crippen molar-refractivity contribution in [3.63, 3.8) is 0 Å². The van der Waals surface area contributed by atoms with Crippen LogP contribution in [0, 0.1) is 107 Å². The summed E-state index contributed by atoms with van der Waals surface area (Å²) in [6.45, 7) is 19.2. The van der Waals surface area contributed by atoms with Crippen molar-refractivity contribution in [3.8, 4) is 28.7 Å². The summed E-state index contributed by atoms with van der Waals surface area (Å²) in [5.74, 6) is 7.27. The maximum absolute atomic E-state index is 5.69. The van der Waals surface area contributed by atoms with E-state index >= 15 is 0 Å². The molecule has 2 fully saturated rings. The molecule has 1 unspecified atom stereocenters. The third-order valence-electron chi connectivity index (χ3n) is 10.9. The fraction of sp³-hybridized carbons (Fsp3) is 0.320. The van der Waals surface area contributed by atoms with E-state index in [9.17, 15) is 0 Å². The van der Waals surface area contributed by atoms with Gasteiger partial charge in [-0.05, 0) is 218 Å². The van der Waals surface area contributed by atoms with Crippen molar-refractivity contribution in [3.05, 3.63) is 146 Å². The van der Waals surface area contributed by atoms with Gasteiger partial charge >= 0.3 is 17.1 Å². The molecule has 0 aliphatic heterocycles. The topological polar surface area (TPSA) is 46.2 Å². The predicted molar refractivity (Wildman–Crippen MR) is 259 cm³/mol. The molecule has 4 aromatic carbocycles. The van der Waals surface area contributed by atoms with Crippen LogP contribution in [0.2, 0.25) is 0 Å². The summed E-state index contributed by atoms with van der Waals surface area (Å²) in [5, 5.41) is 5.16. The fourth-order valence-electron chi connectivity index (χ4n) is 8.06. The molecule has 318 valence electrons. The van der Waals surface area contributed by atoms with Crippen LogP contribution in [-0.4, -0.2) is 35.5 Å². The van der Waals surface area contributed by atoms with Gasteiger partial charge in [-0.2, -0.15) is 0 Å². The van der Waals surface area contributed by atoms with Crippen molar-refractivity contribution in [2.45, 2.75) is 75.2 Å². The number of benzene rings is 4. The van der Waals surface area contributed by atoms with Crippen molar-refractivity contribution in [1.82, 2.24) is 0 Å². The van der Waals surface area contributed by atoms with Crippen LogP contribution in [0.15, 0.2) is 48.5 Å². The summed E-state index contributed by atoms with van der Waals surface area (Å²) in [7, 11) is 7.12. The molecule has 10 radical (unpaired) electrons. The van der Waals surface area contributed by atoms with E-state index < -0.39 is 15.8 Å². The molecule has 5 nitrogen and oxygen atoms in total. The number of methoxy groups -OCH3 is 5. The van der Waals surface area contributed by atoms with Crippen LogP contribution in [0.1, 0.15) is 65.6 Å². The summed E-state index contributed by atoms with van der Waals surface area (Å²) in [5.41, 5.74) is 10.7. The van der Waals surface area contributed by atoms with Gasteiger partial charge in [-0.15, -0.1) is 0 Å². The average Bonchev–Trinajstić information content (AvgIpc) is 3.75. The predicted octanol–water partition coefficient (Wildman–Crippen LogP) is 12.2. The van der Waals surface area contributed by atoms with E-state index in [0.29, 0.717) is 0 Å². The molecule has 0 bridgehead atoms. The third kappa shape index (κ3) is 10.8. The summed E-state index contributed by atoms with van der Waals surface area (Å²) < 4.78 is 28.2. The molecule has 0 spiro atoms. The molecule has 6 rings (SSSR count). The van der Waals surface area contributed by atoms with Crippen LogP contribution >= 0.6 is 47.7 Å². The van der Waals surface area contributed by atoms with Gasteiger partial charge in [0.15, 0.2) is 0 Å². The Hall–Kier alpha value is -1.78. The maximum atomic E-state index is 5.69. The van der Waals surface area contributed by atoms with Gasteiger partial charge < -0.3 is 23.7 Å². The van der Waals surface area contributed by atoms with Gasteiger partial charge in [-0.1, -0.05) is 45.7 Å². The van der Waals surface area contributed by atoms with Crippen LogP contribution in [0.4, 0.5) is 0 Å². The third-order valence-corrected chi connectivity index (χ3v) is 18.2. The molecular weight excluding hydrogens is 958 g/mol. The van der Waals surface area contributed by atoms with Crippen LogP contribution in [-0.2, 0) is 17.1 Å². The van der Waals surface area contributed by atoms with Crippen molar-refractivity contribution >= 4 is 68.9 Å². The van der Waals surface area contributed by atoms with Crippen molar-refractivity contribution in [2.75, 3.05) is 35.5 Å². The number of hydrogen-bond donors (Lipinski definition) is 0. The van der Waals surface area contributed by atoms with Gasteiger partial charge in [-0.3, -0.25) is 0 Å². The maximum Gasteiger partial charge on any atom is 2.00 e. The van der Waals surface area contributed by atoms with Crippen LogP contribution in [0.3, 0.4) is 0 Å². The monoisotopic (exact) mass is 1010 g/mol. The smallest absolute Gasteiger partial charge is 0.496 e. The zero-order valence-electron chi connectivity index (χ0n) is 37.4. The second-order valence-electron chi connectivity index (χ2n) is 14.8. The summed E-state index contributed by atoms with van der Waals surface area (Å²) in [6, 6.07) is 18.0. The van der Waals surface area contributed by atoms with Crippen LogP contribution in [0.25, 0.3) is 0 Å². The van der Waals surface area contributed by atoms with Crippen molar-refractivity contribution in [1.29, 1.82) is 0 Å². The van der Waals surface area contributed by atoms with Gasteiger partial charge in [0.25, 0.3) is 0 Å². The first-order valence-electron chi connectivity index (χ1n) is 19.8. The normalized spacial score (nSPS) is 16.1. The number of aryl methyl sites for hydroxylation is 6. The Bertz CT molecular complexity index is 1920. The van der Waals surface area contributed by atoms with E-state index in [2.05, 4.69) is 161 Å². The van der Waals surface area contributed by atoms with E-state index in [4.69, 9.17) is 23.7 Å². The zero-order valence-corrected chi connectivity index (χ0v) is 43.5.